The van der Waals surface area contributed by atoms with Gasteiger partial charge in [-0.15, -0.1) is 11.3 Å². The van der Waals surface area contributed by atoms with Crippen molar-refractivity contribution < 1.29 is 13.5 Å². The SMILES string of the molecule is CCCNC(C)c1csc(-c2ccccc2OC(F)F)n1. The van der Waals surface area contributed by atoms with Gasteiger partial charge in [0.1, 0.15) is 10.8 Å². The van der Waals surface area contributed by atoms with Gasteiger partial charge in [0.2, 0.25) is 0 Å². The summed E-state index contributed by atoms with van der Waals surface area (Å²) >= 11 is 1.43. The summed E-state index contributed by atoms with van der Waals surface area (Å²) in [6, 6.07) is 6.86. The van der Waals surface area contributed by atoms with E-state index in [9.17, 15) is 8.78 Å². The molecule has 1 aromatic carbocycles. The fourth-order valence-electron chi connectivity index (χ4n) is 1.92. The largest absolute Gasteiger partial charge is 0.434 e. The summed E-state index contributed by atoms with van der Waals surface area (Å²) in [5.74, 6) is 0.155. The number of alkyl halides is 2. The third-order valence-electron chi connectivity index (χ3n) is 3.00. The number of aromatic nitrogens is 1. The molecule has 1 unspecified atom stereocenters. The summed E-state index contributed by atoms with van der Waals surface area (Å²) in [5.41, 5.74) is 1.51. The number of para-hydroxylation sites is 1. The quantitative estimate of drug-likeness (QED) is 0.819. The minimum absolute atomic E-state index is 0.137. The molecule has 2 aromatic rings. The molecule has 2 rings (SSSR count). The van der Waals surface area contributed by atoms with E-state index >= 15 is 0 Å². The standard InChI is InChI=1S/C15H18F2N2OS/c1-3-8-18-10(2)12-9-21-14(19-12)11-6-4-5-7-13(11)20-15(16)17/h4-7,9-10,15,18H,3,8H2,1-2H3. The predicted octanol–water partition coefficient (Wildman–Crippen LogP) is 4.47. The van der Waals surface area contributed by atoms with Gasteiger partial charge in [0, 0.05) is 11.4 Å². The molecular weight excluding hydrogens is 294 g/mol. The second-order valence-electron chi connectivity index (χ2n) is 4.63. The number of rotatable bonds is 7. The van der Waals surface area contributed by atoms with Crippen LogP contribution in [-0.4, -0.2) is 18.1 Å². The number of benzene rings is 1. The van der Waals surface area contributed by atoms with Crippen LogP contribution in [0, 0.1) is 0 Å². The van der Waals surface area contributed by atoms with Crippen molar-refractivity contribution in [2.24, 2.45) is 0 Å². The molecule has 0 aliphatic rings. The van der Waals surface area contributed by atoms with Crippen molar-refractivity contribution in [2.45, 2.75) is 32.9 Å². The first-order valence-electron chi connectivity index (χ1n) is 6.84. The number of nitrogens with zero attached hydrogens (tertiary/aromatic N) is 1. The maximum absolute atomic E-state index is 12.4. The first-order valence-corrected chi connectivity index (χ1v) is 7.72. The highest BCUT2D eigenvalue weighted by Gasteiger charge is 2.15. The molecule has 1 atom stereocenters. The zero-order valence-electron chi connectivity index (χ0n) is 12.0. The maximum Gasteiger partial charge on any atom is 0.387 e. The van der Waals surface area contributed by atoms with E-state index in [-0.39, 0.29) is 11.8 Å². The van der Waals surface area contributed by atoms with Crippen LogP contribution in [0.5, 0.6) is 5.75 Å². The number of thiazole rings is 1. The zero-order valence-corrected chi connectivity index (χ0v) is 12.8. The van der Waals surface area contributed by atoms with Gasteiger partial charge in [0.05, 0.1) is 11.3 Å². The summed E-state index contributed by atoms with van der Waals surface area (Å²) in [5, 5.41) is 5.99. The average molecular weight is 312 g/mol. The molecule has 0 aliphatic carbocycles. The topological polar surface area (TPSA) is 34.1 Å². The Kier molecular flexibility index (Phi) is 5.64. The van der Waals surface area contributed by atoms with E-state index in [1.54, 1.807) is 18.2 Å². The molecule has 0 fully saturated rings. The molecule has 1 heterocycles. The molecule has 21 heavy (non-hydrogen) atoms. The van der Waals surface area contributed by atoms with E-state index in [1.165, 1.54) is 17.4 Å². The second kappa shape index (κ2) is 7.47. The Balaban J connectivity index is 2.21. The van der Waals surface area contributed by atoms with E-state index in [0.717, 1.165) is 18.7 Å². The fourth-order valence-corrected chi connectivity index (χ4v) is 2.86. The first kappa shape index (κ1) is 15.9. The molecule has 0 radical (unpaired) electrons. The fraction of sp³-hybridized carbons (Fsp3) is 0.400. The summed E-state index contributed by atoms with van der Waals surface area (Å²) in [6.07, 6.45) is 1.05. The van der Waals surface area contributed by atoms with Gasteiger partial charge in [-0.05, 0) is 32.0 Å². The number of halogens is 2. The van der Waals surface area contributed by atoms with Crippen molar-refractivity contribution in [3.8, 4) is 16.3 Å². The Labute approximate surface area is 127 Å². The van der Waals surface area contributed by atoms with Gasteiger partial charge in [0.15, 0.2) is 0 Å². The lowest BCUT2D eigenvalue weighted by Crippen LogP contribution is -2.19. The maximum atomic E-state index is 12.4. The van der Waals surface area contributed by atoms with Crippen LogP contribution in [0.1, 0.15) is 32.0 Å². The van der Waals surface area contributed by atoms with Crippen molar-refractivity contribution in [1.29, 1.82) is 0 Å². The Morgan fingerprint density at radius 3 is 2.81 bits per heavy atom. The van der Waals surface area contributed by atoms with Crippen LogP contribution in [-0.2, 0) is 0 Å². The molecule has 0 amide bonds. The Morgan fingerprint density at radius 1 is 1.33 bits per heavy atom. The molecule has 0 bridgehead atoms. The van der Waals surface area contributed by atoms with Gasteiger partial charge < -0.3 is 10.1 Å². The molecule has 0 aliphatic heterocycles. The lowest BCUT2D eigenvalue weighted by atomic mass is 10.2. The molecular formula is C15H18F2N2OS. The molecule has 3 nitrogen and oxygen atoms in total. The molecule has 114 valence electrons. The summed E-state index contributed by atoms with van der Waals surface area (Å²) in [7, 11) is 0. The van der Waals surface area contributed by atoms with Crippen LogP contribution in [0.25, 0.3) is 10.6 Å². The van der Waals surface area contributed by atoms with Crippen LogP contribution in [0.2, 0.25) is 0 Å². The number of nitrogens with one attached hydrogen (secondary N) is 1. The van der Waals surface area contributed by atoms with E-state index in [4.69, 9.17) is 0 Å². The normalized spacial score (nSPS) is 12.6. The van der Waals surface area contributed by atoms with E-state index in [1.807, 2.05) is 12.3 Å². The highest BCUT2D eigenvalue weighted by Crippen LogP contribution is 2.34. The summed E-state index contributed by atoms with van der Waals surface area (Å²) in [4.78, 5) is 4.53. The van der Waals surface area contributed by atoms with Gasteiger partial charge in [-0.2, -0.15) is 8.78 Å². The van der Waals surface area contributed by atoms with E-state index < -0.39 is 6.61 Å². The lowest BCUT2D eigenvalue weighted by Gasteiger charge is -2.10. The lowest BCUT2D eigenvalue weighted by molar-refractivity contribution is -0.0494. The molecule has 1 N–H and O–H groups in total. The van der Waals surface area contributed by atoms with E-state index in [0.29, 0.717) is 10.6 Å². The van der Waals surface area contributed by atoms with Crippen molar-refractivity contribution in [3.05, 3.63) is 35.3 Å². The van der Waals surface area contributed by atoms with Crippen molar-refractivity contribution >= 4 is 11.3 Å². The second-order valence-corrected chi connectivity index (χ2v) is 5.49. The van der Waals surface area contributed by atoms with Gasteiger partial charge in [0.25, 0.3) is 0 Å². The highest BCUT2D eigenvalue weighted by atomic mass is 32.1. The smallest absolute Gasteiger partial charge is 0.387 e. The Hall–Kier alpha value is -1.53. The number of hydrogen-bond acceptors (Lipinski definition) is 4. The first-order chi connectivity index (χ1) is 10.1. The monoisotopic (exact) mass is 312 g/mol. The summed E-state index contributed by atoms with van der Waals surface area (Å²) < 4.78 is 29.4. The van der Waals surface area contributed by atoms with Gasteiger partial charge in [-0.3, -0.25) is 0 Å². The van der Waals surface area contributed by atoms with Crippen LogP contribution < -0.4 is 10.1 Å². The average Bonchev–Trinajstić information content (AvgIpc) is 2.94. The highest BCUT2D eigenvalue weighted by molar-refractivity contribution is 7.13. The van der Waals surface area contributed by atoms with Gasteiger partial charge in [-0.25, -0.2) is 4.98 Å². The third kappa shape index (κ3) is 4.22. The molecule has 0 saturated carbocycles. The van der Waals surface area contributed by atoms with Crippen molar-refractivity contribution in [3.63, 3.8) is 0 Å². The molecule has 0 spiro atoms. The summed E-state index contributed by atoms with van der Waals surface area (Å²) in [6.45, 7) is 2.22. The van der Waals surface area contributed by atoms with Crippen LogP contribution in [0.4, 0.5) is 8.78 Å². The number of ether oxygens (including phenoxy) is 1. The minimum atomic E-state index is -2.84. The predicted molar refractivity (Wildman–Crippen MR) is 80.9 cm³/mol. The van der Waals surface area contributed by atoms with Crippen LogP contribution in [0.3, 0.4) is 0 Å². The van der Waals surface area contributed by atoms with E-state index in [2.05, 4.69) is 22.0 Å². The molecule has 1 aromatic heterocycles. The van der Waals surface area contributed by atoms with Crippen molar-refractivity contribution in [2.75, 3.05) is 6.54 Å². The van der Waals surface area contributed by atoms with Crippen molar-refractivity contribution in [1.82, 2.24) is 10.3 Å². The van der Waals surface area contributed by atoms with Gasteiger partial charge >= 0.3 is 6.61 Å². The van der Waals surface area contributed by atoms with Crippen LogP contribution in [0.15, 0.2) is 29.6 Å². The Morgan fingerprint density at radius 2 is 2.10 bits per heavy atom. The van der Waals surface area contributed by atoms with Crippen LogP contribution >= 0.6 is 11.3 Å². The zero-order chi connectivity index (χ0) is 15.2. The Bertz CT molecular complexity index is 574. The van der Waals surface area contributed by atoms with Gasteiger partial charge in [-0.1, -0.05) is 19.1 Å². The minimum Gasteiger partial charge on any atom is -0.434 e. The molecule has 0 saturated heterocycles. The third-order valence-corrected chi connectivity index (χ3v) is 3.89. The molecule has 6 heteroatoms. The number of hydrogen-bond donors (Lipinski definition) is 1.